The Morgan fingerprint density at radius 2 is 1.66 bits per heavy atom. The van der Waals surface area contributed by atoms with Gasteiger partial charge in [-0.2, -0.15) is 4.31 Å². The summed E-state index contributed by atoms with van der Waals surface area (Å²) < 4.78 is 27.0. The number of amides is 1. The monoisotopic (exact) mass is 438 g/mol. The summed E-state index contributed by atoms with van der Waals surface area (Å²) in [7, 11) is -3.60. The van der Waals surface area contributed by atoms with Crippen molar-refractivity contribution in [1.82, 2.24) is 4.31 Å². The molecule has 0 aliphatic heterocycles. The van der Waals surface area contributed by atoms with Crippen LogP contribution in [0.4, 0.5) is 17.1 Å². The Hall–Kier alpha value is -2.29. The van der Waals surface area contributed by atoms with Crippen molar-refractivity contribution in [2.24, 2.45) is 0 Å². The molecule has 0 heterocycles. The summed E-state index contributed by atoms with van der Waals surface area (Å²) in [5.74, 6) is -0.294. The van der Waals surface area contributed by atoms with Crippen LogP contribution in [0.5, 0.6) is 0 Å². The number of carbonyl (C=O) groups excluding carboxylic acids is 1. The summed E-state index contributed by atoms with van der Waals surface area (Å²) in [5, 5.41) is 9.37. The summed E-state index contributed by atoms with van der Waals surface area (Å²) in [6.07, 6.45) is 0. The molecule has 0 spiro atoms. The van der Waals surface area contributed by atoms with Gasteiger partial charge in [0, 0.05) is 19.6 Å². The van der Waals surface area contributed by atoms with Crippen molar-refractivity contribution in [1.29, 1.82) is 0 Å². The predicted molar refractivity (Wildman–Crippen MR) is 119 cm³/mol. The van der Waals surface area contributed by atoms with Crippen LogP contribution in [0.15, 0.2) is 47.4 Å². The zero-order valence-corrected chi connectivity index (χ0v) is 18.4. The second-order valence-corrected chi connectivity index (χ2v) is 8.55. The first kappa shape index (κ1) is 23.0. The van der Waals surface area contributed by atoms with Crippen LogP contribution in [-0.2, 0) is 14.8 Å². The SMILES string of the molecule is CCNc1ccc(S(=O)(=O)N(CC)CC)cc1NCC(=O)Nc1ccccc1Cl. The third-order valence-electron chi connectivity index (χ3n) is 4.29. The van der Waals surface area contributed by atoms with Gasteiger partial charge in [-0.05, 0) is 37.3 Å². The number of nitrogens with zero attached hydrogens (tertiary/aromatic N) is 1. The normalized spacial score (nSPS) is 11.3. The second kappa shape index (κ2) is 10.5. The molecule has 158 valence electrons. The molecule has 0 fully saturated rings. The van der Waals surface area contributed by atoms with Gasteiger partial charge in [-0.25, -0.2) is 8.42 Å². The van der Waals surface area contributed by atoms with Crippen molar-refractivity contribution < 1.29 is 13.2 Å². The van der Waals surface area contributed by atoms with E-state index in [9.17, 15) is 13.2 Å². The van der Waals surface area contributed by atoms with E-state index in [1.54, 1.807) is 56.3 Å². The maximum absolute atomic E-state index is 12.8. The average Bonchev–Trinajstić information content (AvgIpc) is 2.70. The second-order valence-electron chi connectivity index (χ2n) is 6.21. The summed E-state index contributed by atoms with van der Waals surface area (Å²) in [6, 6.07) is 11.8. The highest BCUT2D eigenvalue weighted by molar-refractivity contribution is 7.89. The Kier molecular flexibility index (Phi) is 8.31. The average molecular weight is 439 g/mol. The van der Waals surface area contributed by atoms with Crippen LogP contribution < -0.4 is 16.0 Å². The highest BCUT2D eigenvalue weighted by Gasteiger charge is 2.22. The van der Waals surface area contributed by atoms with E-state index in [4.69, 9.17) is 11.6 Å². The van der Waals surface area contributed by atoms with Gasteiger partial charge < -0.3 is 16.0 Å². The van der Waals surface area contributed by atoms with Crippen LogP contribution >= 0.6 is 11.6 Å². The number of carbonyl (C=O) groups is 1. The molecule has 0 atom stereocenters. The fourth-order valence-corrected chi connectivity index (χ4v) is 4.49. The largest absolute Gasteiger partial charge is 0.384 e. The van der Waals surface area contributed by atoms with Gasteiger partial charge in [0.2, 0.25) is 15.9 Å². The Balaban J connectivity index is 2.21. The standard InChI is InChI=1S/C20H27ClN4O3S/c1-4-22-18-12-11-15(29(27,28)25(5-2)6-3)13-19(18)23-14-20(26)24-17-10-8-7-9-16(17)21/h7-13,22-23H,4-6,14H2,1-3H3,(H,24,26). The molecule has 0 aliphatic rings. The number of sulfonamides is 1. The van der Waals surface area contributed by atoms with Crippen molar-refractivity contribution in [3.8, 4) is 0 Å². The molecule has 0 saturated heterocycles. The molecule has 0 radical (unpaired) electrons. The number of anilines is 3. The lowest BCUT2D eigenvalue weighted by Gasteiger charge is -2.20. The molecular formula is C20H27ClN4O3S. The maximum Gasteiger partial charge on any atom is 0.243 e. The predicted octanol–water partition coefficient (Wildman–Crippen LogP) is 3.85. The number of rotatable bonds is 10. The van der Waals surface area contributed by atoms with Crippen LogP contribution in [0.3, 0.4) is 0 Å². The number of para-hydroxylation sites is 1. The topological polar surface area (TPSA) is 90.5 Å². The lowest BCUT2D eigenvalue weighted by molar-refractivity contribution is -0.114. The fraction of sp³-hybridized carbons (Fsp3) is 0.350. The smallest absolute Gasteiger partial charge is 0.243 e. The van der Waals surface area contributed by atoms with Gasteiger partial charge in [0.25, 0.3) is 0 Å². The van der Waals surface area contributed by atoms with Crippen LogP contribution in [0, 0.1) is 0 Å². The van der Waals surface area contributed by atoms with Gasteiger partial charge in [-0.3, -0.25) is 4.79 Å². The van der Waals surface area contributed by atoms with Crippen molar-refractivity contribution in [3.05, 3.63) is 47.5 Å². The minimum Gasteiger partial charge on any atom is -0.384 e. The lowest BCUT2D eigenvalue weighted by atomic mass is 10.2. The first-order valence-corrected chi connectivity index (χ1v) is 11.3. The molecule has 1 amide bonds. The molecule has 0 unspecified atom stereocenters. The third-order valence-corrected chi connectivity index (χ3v) is 6.66. The zero-order chi connectivity index (χ0) is 21.4. The van der Waals surface area contributed by atoms with E-state index in [0.29, 0.717) is 36.0 Å². The number of hydrogen-bond acceptors (Lipinski definition) is 5. The molecule has 0 saturated carbocycles. The number of halogens is 1. The molecule has 2 rings (SSSR count). The van der Waals surface area contributed by atoms with Crippen molar-refractivity contribution >= 4 is 44.6 Å². The Labute approximate surface area is 177 Å². The molecule has 29 heavy (non-hydrogen) atoms. The molecule has 9 heteroatoms. The summed E-state index contributed by atoms with van der Waals surface area (Å²) in [4.78, 5) is 12.5. The van der Waals surface area contributed by atoms with E-state index in [1.165, 1.54) is 4.31 Å². The Bertz CT molecular complexity index is 946. The summed E-state index contributed by atoms with van der Waals surface area (Å²) >= 11 is 6.06. The molecular weight excluding hydrogens is 412 g/mol. The molecule has 2 aromatic rings. The van der Waals surface area contributed by atoms with Crippen LogP contribution in [0.2, 0.25) is 5.02 Å². The molecule has 0 aliphatic carbocycles. The van der Waals surface area contributed by atoms with Crippen LogP contribution in [0.1, 0.15) is 20.8 Å². The molecule has 7 nitrogen and oxygen atoms in total. The Morgan fingerprint density at radius 1 is 0.966 bits per heavy atom. The van der Waals surface area contributed by atoms with Crippen molar-refractivity contribution in [3.63, 3.8) is 0 Å². The third kappa shape index (κ3) is 5.85. The summed E-state index contributed by atoms with van der Waals surface area (Å²) in [6.45, 7) is 6.92. The molecule has 0 bridgehead atoms. The van der Waals surface area contributed by atoms with Crippen molar-refractivity contribution in [2.75, 3.05) is 42.1 Å². The number of benzene rings is 2. The molecule has 3 N–H and O–H groups in total. The number of hydrogen-bond donors (Lipinski definition) is 3. The van der Waals surface area contributed by atoms with E-state index in [1.807, 2.05) is 6.92 Å². The minimum atomic E-state index is -3.60. The van der Waals surface area contributed by atoms with Gasteiger partial charge in [0.15, 0.2) is 0 Å². The minimum absolute atomic E-state index is 0.0433. The zero-order valence-electron chi connectivity index (χ0n) is 16.8. The van der Waals surface area contributed by atoms with Gasteiger partial charge >= 0.3 is 0 Å². The maximum atomic E-state index is 12.8. The highest BCUT2D eigenvalue weighted by atomic mass is 35.5. The van der Waals surface area contributed by atoms with Gasteiger partial charge in [-0.1, -0.05) is 37.6 Å². The highest BCUT2D eigenvalue weighted by Crippen LogP contribution is 2.27. The van der Waals surface area contributed by atoms with E-state index in [0.717, 1.165) is 5.69 Å². The number of nitrogens with one attached hydrogen (secondary N) is 3. The Morgan fingerprint density at radius 3 is 2.28 bits per heavy atom. The lowest BCUT2D eigenvalue weighted by Crippen LogP contribution is -2.30. The summed E-state index contributed by atoms with van der Waals surface area (Å²) in [5.41, 5.74) is 1.77. The first-order valence-electron chi connectivity index (χ1n) is 9.49. The van der Waals surface area contributed by atoms with E-state index >= 15 is 0 Å². The fourth-order valence-electron chi connectivity index (χ4n) is 2.82. The van der Waals surface area contributed by atoms with Crippen molar-refractivity contribution in [2.45, 2.75) is 25.7 Å². The van der Waals surface area contributed by atoms with Gasteiger partial charge in [0.05, 0.1) is 33.5 Å². The first-order chi connectivity index (χ1) is 13.8. The van der Waals surface area contributed by atoms with E-state index in [-0.39, 0.29) is 17.3 Å². The van der Waals surface area contributed by atoms with E-state index < -0.39 is 10.0 Å². The quantitative estimate of drug-likeness (QED) is 0.524. The van der Waals surface area contributed by atoms with Gasteiger partial charge in [-0.15, -0.1) is 0 Å². The molecule has 0 aromatic heterocycles. The van der Waals surface area contributed by atoms with Gasteiger partial charge in [0.1, 0.15) is 0 Å². The van der Waals surface area contributed by atoms with E-state index in [2.05, 4.69) is 16.0 Å². The van der Waals surface area contributed by atoms with Crippen LogP contribution in [-0.4, -0.2) is 44.8 Å². The van der Waals surface area contributed by atoms with Crippen LogP contribution in [0.25, 0.3) is 0 Å². The molecule has 2 aromatic carbocycles.